The van der Waals surface area contributed by atoms with Crippen LogP contribution >= 0.6 is 0 Å². The Hall–Kier alpha value is -10.7. The van der Waals surface area contributed by atoms with Crippen LogP contribution in [0, 0.1) is 0 Å². The molecule has 12 aromatic carbocycles. The predicted octanol–water partition coefficient (Wildman–Crippen LogP) is 22.8. The van der Waals surface area contributed by atoms with Crippen LogP contribution in [0.15, 0.2) is 291 Å². The van der Waals surface area contributed by atoms with Gasteiger partial charge in [-0.15, -0.1) is 0 Å². The number of para-hydroxylation sites is 6. The maximum absolute atomic E-state index is 2.44. The zero-order valence-corrected chi connectivity index (χ0v) is 48.8. The van der Waals surface area contributed by atoms with Crippen molar-refractivity contribution in [3.05, 3.63) is 336 Å². The molecule has 0 atom stereocenters. The standard InChI is InChI=1S/C82H64N4/c1-81(2)73-51-57(39-45-69(73)71-47-43-67(55-75(71)81)83(61-23-11-5-12-24-61)62-25-13-6-14-26-62)35-37-59-41-49-77-79(53-59)86(66-33-21-10-22-34-66)80-54-60(42-50-78(80)85(77)65-31-19-9-20-32-65)38-36-58-40-46-70-72-48-44-68(56-76(72)82(3,4)74(70)52-58)84(63-27-15-7-16-28-63)64-29-17-8-18-30-64/h5-56H,1-4H3/b37-35+,38-36+. The summed E-state index contributed by atoms with van der Waals surface area (Å²) in [7, 11) is 0. The fourth-order valence-corrected chi connectivity index (χ4v) is 13.6. The van der Waals surface area contributed by atoms with Crippen molar-refractivity contribution in [2.24, 2.45) is 0 Å². The van der Waals surface area contributed by atoms with Crippen molar-refractivity contribution >= 4 is 92.6 Å². The third-order valence-electron chi connectivity index (χ3n) is 17.9. The summed E-state index contributed by atoms with van der Waals surface area (Å²) in [6.07, 6.45) is 9.11. The minimum Gasteiger partial charge on any atom is -0.310 e. The van der Waals surface area contributed by atoms with Crippen molar-refractivity contribution < 1.29 is 0 Å². The van der Waals surface area contributed by atoms with Crippen LogP contribution in [0.2, 0.25) is 0 Å². The van der Waals surface area contributed by atoms with E-state index in [1.165, 1.54) is 55.6 Å². The summed E-state index contributed by atoms with van der Waals surface area (Å²) >= 11 is 0. The molecule has 412 valence electrons. The van der Waals surface area contributed by atoms with Gasteiger partial charge < -0.3 is 19.6 Å². The number of benzene rings is 12. The molecule has 0 saturated heterocycles. The van der Waals surface area contributed by atoms with Gasteiger partial charge in [0.2, 0.25) is 0 Å². The van der Waals surface area contributed by atoms with E-state index < -0.39 is 0 Å². The van der Waals surface area contributed by atoms with Gasteiger partial charge in [0.25, 0.3) is 0 Å². The van der Waals surface area contributed by atoms with E-state index in [-0.39, 0.29) is 10.8 Å². The van der Waals surface area contributed by atoms with E-state index in [1.54, 1.807) is 0 Å². The molecule has 12 aromatic rings. The molecule has 2 aliphatic carbocycles. The first-order chi connectivity index (χ1) is 42.2. The summed E-state index contributed by atoms with van der Waals surface area (Å²) < 4.78 is 0. The van der Waals surface area contributed by atoms with Crippen LogP contribution in [-0.4, -0.2) is 0 Å². The van der Waals surface area contributed by atoms with Crippen LogP contribution < -0.4 is 19.6 Å². The van der Waals surface area contributed by atoms with Gasteiger partial charge in [-0.25, -0.2) is 0 Å². The zero-order valence-electron chi connectivity index (χ0n) is 48.8. The Balaban J connectivity index is 0.749. The number of hydrogen-bond acceptors (Lipinski definition) is 4. The van der Waals surface area contributed by atoms with E-state index in [9.17, 15) is 0 Å². The molecule has 0 amide bonds. The normalized spacial score (nSPS) is 13.9. The fourth-order valence-electron chi connectivity index (χ4n) is 13.6. The minimum absolute atomic E-state index is 0.209. The van der Waals surface area contributed by atoms with Crippen LogP contribution in [0.25, 0.3) is 46.6 Å². The molecule has 0 aromatic heterocycles. The van der Waals surface area contributed by atoms with E-state index >= 15 is 0 Å². The first kappa shape index (κ1) is 52.1. The van der Waals surface area contributed by atoms with E-state index in [0.29, 0.717) is 0 Å². The van der Waals surface area contributed by atoms with E-state index in [2.05, 4.69) is 363 Å². The van der Waals surface area contributed by atoms with Gasteiger partial charge in [0.1, 0.15) is 0 Å². The number of nitrogens with zero attached hydrogens (tertiary/aromatic N) is 4. The Kier molecular flexibility index (Phi) is 12.8. The van der Waals surface area contributed by atoms with Gasteiger partial charge in [0, 0.05) is 56.3 Å². The molecule has 0 fully saturated rings. The average molecular weight is 1110 g/mol. The molecule has 1 aliphatic heterocycles. The molecule has 4 heteroatoms. The lowest BCUT2D eigenvalue weighted by atomic mass is 9.81. The Morgan fingerprint density at radius 1 is 0.244 bits per heavy atom. The molecule has 4 nitrogen and oxygen atoms in total. The molecule has 15 rings (SSSR count). The summed E-state index contributed by atoms with van der Waals surface area (Å²) in [5.41, 5.74) is 28.2. The largest absolute Gasteiger partial charge is 0.310 e. The van der Waals surface area contributed by atoms with Crippen molar-refractivity contribution in [3.8, 4) is 22.3 Å². The third kappa shape index (κ3) is 9.10. The van der Waals surface area contributed by atoms with Gasteiger partial charge >= 0.3 is 0 Å². The zero-order chi connectivity index (χ0) is 57.9. The van der Waals surface area contributed by atoms with Crippen LogP contribution in [0.5, 0.6) is 0 Å². The van der Waals surface area contributed by atoms with Gasteiger partial charge in [-0.3, -0.25) is 0 Å². The summed E-state index contributed by atoms with van der Waals surface area (Å²) in [5, 5.41) is 0. The summed E-state index contributed by atoms with van der Waals surface area (Å²) in [6.45, 7) is 9.49. The molecule has 1 heterocycles. The molecule has 0 radical (unpaired) electrons. The van der Waals surface area contributed by atoms with E-state index in [1.807, 2.05) is 0 Å². The van der Waals surface area contributed by atoms with Crippen LogP contribution in [0.3, 0.4) is 0 Å². The van der Waals surface area contributed by atoms with E-state index in [0.717, 1.165) is 79.4 Å². The molecule has 3 aliphatic rings. The Morgan fingerprint density at radius 3 is 0.849 bits per heavy atom. The monoisotopic (exact) mass is 1100 g/mol. The fraction of sp³-hybridized carbons (Fsp3) is 0.0732. The highest BCUT2D eigenvalue weighted by molar-refractivity contribution is 6.03. The summed E-state index contributed by atoms with van der Waals surface area (Å²) in [6, 6.07) is 106. The molecule has 86 heavy (non-hydrogen) atoms. The maximum atomic E-state index is 2.44. The Labute approximate surface area is 505 Å². The van der Waals surface area contributed by atoms with E-state index in [4.69, 9.17) is 0 Å². The first-order valence-corrected chi connectivity index (χ1v) is 29.9. The number of anilines is 12. The predicted molar refractivity (Wildman–Crippen MR) is 365 cm³/mol. The second kappa shape index (κ2) is 21.2. The van der Waals surface area contributed by atoms with Crippen LogP contribution in [0.4, 0.5) is 68.2 Å². The molecular formula is C82H64N4. The number of rotatable bonds is 12. The lowest BCUT2D eigenvalue weighted by Gasteiger charge is -2.40. The summed E-state index contributed by atoms with van der Waals surface area (Å²) in [5.74, 6) is 0. The quantitative estimate of drug-likeness (QED) is 0.113. The van der Waals surface area contributed by atoms with Gasteiger partial charge in [-0.2, -0.15) is 0 Å². The van der Waals surface area contributed by atoms with Crippen molar-refractivity contribution in [2.75, 3.05) is 19.6 Å². The third-order valence-corrected chi connectivity index (χ3v) is 17.9. The first-order valence-electron chi connectivity index (χ1n) is 29.9. The maximum Gasteiger partial charge on any atom is 0.0709 e. The van der Waals surface area contributed by atoms with Crippen molar-refractivity contribution in [1.82, 2.24) is 0 Å². The number of fused-ring (bicyclic) bond motifs is 8. The number of hydrogen-bond donors (Lipinski definition) is 0. The Bertz CT molecular complexity index is 4230. The second-order valence-corrected chi connectivity index (χ2v) is 23.8. The van der Waals surface area contributed by atoms with Gasteiger partial charge in [-0.05, 0) is 188 Å². The minimum atomic E-state index is -0.209. The smallest absolute Gasteiger partial charge is 0.0709 e. The molecule has 0 bridgehead atoms. The van der Waals surface area contributed by atoms with Crippen LogP contribution in [-0.2, 0) is 10.8 Å². The van der Waals surface area contributed by atoms with Crippen LogP contribution in [0.1, 0.15) is 72.2 Å². The molecule has 0 N–H and O–H groups in total. The van der Waals surface area contributed by atoms with Gasteiger partial charge in [0.05, 0.1) is 22.7 Å². The molecular weight excluding hydrogens is 1040 g/mol. The lowest BCUT2D eigenvalue weighted by molar-refractivity contribution is 0.660. The topological polar surface area (TPSA) is 13.0 Å². The van der Waals surface area contributed by atoms with Gasteiger partial charge in [-0.1, -0.05) is 222 Å². The highest BCUT2D eigenvalue weighted by Gasteiger charge is 2.38. The van der Waals surface area contributed by atoms with Crippen molar-refractivity contribution in [3.63, 3.8) is 0 Å². The molecule has 0 spiro atoms. The van der Waals surface area contributed by atoms with Crippen molar-refractivity contribution in [2.45, 2.75) is 38.5 Å². The highest BCUT2D eigenvalue weighted by atomic mass is 15.3. The molecule has 0 unspecified atom stereocenters. The second-order valence-electron chi connectivity index (χ2n) is 23.8. The molecule has 0 saturated carbocycles. The SMILES string of the molecule is CC1(C)c2cc(/C=C/c3ccc4c(c3)N(c3ccccc3)c3cc(/C=C/c5ccc6c(c5)C(C)(C)c5cc(N(c7ccccc7)c7ccccc7)ccc5-6)ccc3N4c3ccccc3)ccc2-c2ccc(N(c3ccccc3)c3ccccc3)cc21. The summed E-state index contributed by atoms with van der Waals surface area (Å²) in [4.78, 5) is 9.57. The lowest BCUT2D eigenvalue weighted by Crippen LogP contribution is -2.24. The van der Waals surface area contributed by atoms with Gasteiger partial charge in [0.15, 0.2) is 0 Å². The Morgan fingerprint density at radius 2 is 0.512 bits per heavy atom. The average Bonchev–Trinajstić information content (AvgIpc) is 1.75. The van der Waals surface area contributed by atoms with Crippen molar-refractivity contribution in [1.29, 1.82) is 0 Å². The highest BCUT2D eigenvalue weighted by Crippen LogP contribution is 2.56.